The molecule has 0 amide bonds. The standard InChI is InChI=1S/C12H20N4O/c1-9(8-12(13)15-17)14-10-6-4-5-7-11(10)16(2)3/h4-7,9,14,17H,8H2,1-3H3,(H2,13,15). The van der Waals surface area contributed by atoms with E-state index in [4.69, 9.17) is 10.9 Å². The summed E-state index contributed by atoms with van der Waals surface area (Å²) in [4.78, 5) is 2.04. The molecule has 0 spiro atoms. The highest BCUT2D eigenvalue weighted by Crippen LogP contribution is 2.24. The van der Waals surface area contributed by atoms with E-state index in [1.54, 1.807) is 0 Å². The first-order valence-electron chi connectivity index (χ1n) is 5.54. The Balaban J connectivity index is 2.74. The van der Waals surface area contributed by atoms with E-state index in [1.807, 2.05) is 50.2 Å². The van der Waals surface area contributed by atoms with Crippen LogP contribution in [0.2, 0.25) is 0 Å². The van der Waals surface area contributed by atoms with Crippen LogP contribution in [0.3, 0.4) is 0 Å². The molecule has 0 saturated carbocycles. The number of benzene rings is 1. The van der Waals surface area contributed by atoms with Gasteiger partial charge in [0.25, 0.3) is 0 Å². The molecule has 0 saturated heterocycles. The van der Waals surface area contributed by atoms with Crippen LogP contribution in [0.1, 0.15) is 13.3 Å². The Morgan fingerprint density at radius 2 is 2.12 bits per heavy atom. The maximum absolute atomic E-state index is 8.52. The van der Waals surface area contributed by atoms with Crippen molar-refractivity contribution in [1.82, 2.24) is 0 Å². The Labute approximate surface area is 102 Å². The summed E-state index contributed by atoms with van der Waals surface area (Å²) in [6.07, 6.45) is 0.498. The Hall–Kier alpha value is -1.91. The molecule has 1 unspecified atom stereocenters. The zero-order chi connectivity index (χ0) is 12.8. The normalized spacial score (nSPS) is 13.2. The molecule has 0 aliphatic rings. The molecule has 1 aromatic carbocycles. The van der Waals surface area contributed by atoms with Gasteiger partial charge in [-0.3, -0.25) is 0 Å². The summed E-state index contributed by atoms with van der Waals surface area (Å²) in [5.41, 5.74) is 7.62. The maximum Gasteiger partial charge on any atom is 0.141 e. The van der Waals surface area contributed by atoms with Crippen molar-refractivity contribution in [2.45, 2.75) is 19.4 Å². The minimum absolute atomic E-state index is 0.104. The van der Waals surface area contributed by atoms with Crippen molar-refractivity contribution in [3.05, 3.63) is 24.3 Å². The van der Waals surface area contributed by atoms with E-state index >= 15 is 0 Å². The van der Waals surface area contributed by atoms with Gasteiger partial charge in [0.05, 0.1) is 11.4 Å². The van der Waals surface area contributed by atoms with Crippen LogP contribution in [-0.2, 0) is 0 Å². The first-order valence-corrected chi connectivity index (χ1v) is 5.54. The van der Waals surface area contributed by atoms with E-state index in [-0.39, 0.29) is 11.9 Å². The molecule has 1 rings (SSSR count). The quantitative estimate of drug-likeness (QED) is 0.315. The summed E-state index contributed by atoms with van der Waals surface area (Å²) < 4.78 is 0. The molecule has 0 fully saturated rings. The van der Waals surface area contributed by atoms with Crippen LogP contribution < -0.4 is 16.0 Å². The van der Waals surface area contributed by atoms with Crippen molar-refractivity contribution in [2.75, 3.05) is 24.3 Å². The third-order valence-corrected chi connectivity index (χ3v) is 2.43. The number of nitrogens with two attached hydrogens (primary N) is 1. The van der Waals surface area contributed by atoms with Crippen LogP contribution in [0.25, 0.3) is 0 Å². The van der Waals surface area contributed by atoms with Gasteiger partial charge in [-0.25, -0.2) is 0 Å². The van der Waals surface area contributed by atoms with Crippen molar-refractivity contribution < 1.29 is 5.21 Å². The second kappa shape index (κ2) is 5.98. The summed E-state index contributed by atoms with van der Waals surface area (Å²) >= 11 is 0. The van der Waals surface area contributed by atoms with Crippen LogP contribution in [0.4, 0.5) is 11.4 Å². The van der Waals surface area contributed by atoms with E-state index < -0.39 is 0 Å². The van der Waals surface area contributed by atoms with Gasteiger partial charge in [-0.05, 0) is 19.1 Å². The van der Waals surface area contributed by atoms with Gasteiger partial charge in [-0.15, -0.1) is 0 Å². The van der Waals surface area contributed by atoms with Crippen LogP contribution in [0.5, 0.6) is 0 Å². The van der Waals surface area contributed by atoms with Crippen LogP contribution in [0, 0.1) is 0 Å². The number of hydrogen-bond acceptors (Lipinski definition) is 4. The molecule has 0 aliphatic heterocycles. The summed E-state index contributed by atoms with van der Waals surface area (Å²) in [6.45, 7) is 1.99. The van der Waals surface area contributed by atoms with Gasteiger partial charge in [-0.2, -0.15) is 0 Å². The Morgan fingerprint density at radius 3 is 2.71 bits per heavy atom. The van der Waals surface area contributed by atoms with E-state index in [2.05, 4.69) is 10.5 Å². The Morgan fingerprint density at radius 1 is 1.47 bits per heavy atom. The molecule has 0 bridgehead atoms. The monoisotopic (exact) mass is 236 g/mol. The summed E-state index contributed by atoms with van der Waals surface area (Å²) in [5.74, 6) is 0.229. The number of oxime groups is 1. The molecule has 1 atom stereocenters. The smallest absolute Gasteiger partial charge is 0.141 e. The average Bonchev–Trinajstić information content (AvgIpc) is 2.29. The lowest BCUT2D eigenvalue weighted by atomic mass is 10.2. The third kappa shape index (κ3) is 3.86. The number of hydrogen-bond donors (Lipinski definition) is 3. The van der Waals surface area contributed by atoms with Gasteiger partial charge in [0.2, 0.25) is 0 Å². The zero-order valence-electron chi connectivity index (χ0n) is 10.5. The Bertz CT molecular complexity index is 390. The van der Waals surface area contributed by atoms with Crippen LogP contribution in [0.15, 0.2) is 29.4 Å². The topological polar surface area (TPSA) is 73.9 Å². The molecule has 0 heterocycles. The highest BCUT2D eigenvalue weighted by molar-refractivity contribution is 5.81. The number of amidine groups is 1. The van der Waals surface area contributed by atoms with Gasteiger partial charge in [0.1, 0.15) is 5.84 Å². The number of nitrogens with one attached hydrogen (secondary N) is 1. The van der Waals surface area contributed by atoms with Crippen LogP contribution >= 0.6 is 0 Å². The molecule has 0 radical (unpaired) electrons. The SMILES string of the molecule is CC(C/C(N)=N/O)Nc1ccccc1N(C)C. The molecular formula is C12H20N4O. The average molecular weight is 236 g/mol. The summed E-state index contributed by atoms with van der Waals surface area (Å²) in [6, 6.07) is 8.13. The lowest BCUT2D eigenvalue weighted by Gasteiger charge is -2.21. The minimum atomic E-state index is 0.104. The van der Waals surface area contributed by atoms with Gasteiger partial charge < -0.3 is 21.2 Å². The summed E-state index contributed by atoms with van der Waals surface area (Å²) in [5, 5.41) is 14.8. The van der Waals surface area contributed by atoms with E-state index in [1.165, 1.54) is 0 Å². The number of anilines is 2. The van der Waals surface area contributed by atoms with Gasteiger partial charge in [-0.1, -0.05) is 17.3 Å². The van der Waals surface area contributed by atoms with Crippen molar-refractivity contribution in [3.8, 4) is 0 Å². The van der Waals surface area contributed by atoms with Gasteiger partial charge >= 0.3 is 0 Å². The van der Waals surface area contributed by atoms with E-state index in [9.17, 15) is 0 Å². The molecule has 4 N–H and O–H groups in total. The predicted molar refractivity (Wildman–Crippen MR) is 71.9 cm³/mol. The number of nitrogens with zero attached hydrogens (tertiary/aromatic N) is 2. The van der Waals surface area contributed by atoms with E-state index in [0.717, 1.165) is 11.4 Å². The first kappa shape index (κ1) is 13.2. The lowest BCUT2D eigenvalue weighted by Crippen LogP contribution is -2.25. The molecule has 17 heavy (non-hydrogen) atoms. The minimum Gasteiger partial charge on any atom is -0.409 e. The van der Waals surface area contributed by atoms with Crippen molar-refractivity contribution >= 4 is 17.2 Å². The molecule has 0 aromatic heterocycles. The molecular weight excluding hydrogens is 216 g/mol. The fraction of sp³-hybridized carbons (Fsp3) is 0.417. The van der Waals surface area contributed by atoms with Crippen molar-refractivity contribution in [2.24, 2.45) is 10.9 Å². The second-order valence-electron chi connectivity index (χ2n) is 4.25. The zero-order valence-corrected chi connectivity index (χ0v) is 10.5. The third-order valence-electron chi connectivity index (χ3n) is 2.43. The highest BCUT2D eigenvalue weighted by atomic mass is 16.4. The molecule has 1 aromatic rings. The maximum atomic E-state index is 8.52. The summed E-state index contributed by atoms with van der Waals surface area (Å²) in [7, 11) is 3.99. The first-order chi connectivity index (χ1) is 8.04. The molecule has 5 nitrogen and oxygen atoms in total. The molecule has 5 heteroatoms. The van der Waals surface area contributed by atoms with Crippen LogP contribution in [-0.4, -0.2) is 31.2 Å². The number of para-hydroxylation sites is 2. The van der Waals surface area contributed by atoms with Gasteiger partial charge in [0.15, 0.2) is 0 Å². The Kier molecular flexibility index (Phi) is 4.63. The highest BCUT2D eigenvalue weighted by Gasteiger charge is 2.08. The van der Waals surface area contributed by atoms with Crippen molar-refractivity contribution in [3.63, 3.8) is 0 Å². The lowest BCUT2D eigenvalue weighted by molar-refractivity contribution is 0.316. The van der Waals surface area contributed by atoms with E-state index in [0.29, 0.717) is 6.42 Å². The largest absolute Gasteiger partial charge is 0.409 e. The molecule has 94 valence electrons. The predicted octanol–water partition coefficient (Wildman–Crippen LogP) is 1.69. The number of rotatable bonds is 5. The second-order valence-corrected chi connectivity index (χ2v) is 4.25. The fourth-order valence-electron chi connectivity index (χ4n) is 1.66. The van der Waals surface area contributed by atoms with Gasteiger partial charge in [0, 0.05) is 26.6 Å². The molecule has 0 aliphatic carbocycles. The van der Waals surface area contributed by atoms with Crippen molar-refractivity contribution in [1.29, 1.82) is 0 Å². The fourth-order valence-corrected chi connectivity index (χ4v) is 1.66.